The van der Waals surface area contributed by atoms with E-state index in [9.17, 15) is 18.0 Å². The Morgan fingerprint density at radius 1 is 0.848 bits per heavy atom. The van der Waals surface area contributed by atoms with Crippen LogP contribution in [0.1, 0.15) is 25.0 Å². The number of hydrogen-bond donors (Lipinski definition) is 1. The molecule has 12 heteroatoms. The molecule has 0 heterocycles. The Balaban J connectivity index is 1.84. The highest BCUT2D eigenvalue weighted by Gasteiger charge is 2.35. The fraction of sp³-hybridized carbons (Fsp3) is 0.235. The molecule has 0 saturated heterocycles. The molecule has 242 valence electrons. The minimum atomic E-state index is -4.32. The first-order valence-corrected chi connectivity index (χ1v) is 17.0. The van der Waals surface area contributed by atoms with E-state index in [0.717, 1.165) is 9.87 Å². The van der Waals surface area contributed by atoms with Crippen LogP contribution >= 0.6 is 34.8 Å². The standard InChI is InChI=1S/C34H34Cl3N3O5S/c1-23(2)38-34(42)32(19-24-9-5-4-6-10-24)39(21-29-30(36)13-8-14-31(29)37)33(41)22-40(26-12-7-11-25(35)20-26)46(43,44)28-17-15-27(45-3)16-18-28/h4-18,20,23,32H,19,21-22H2,1-3H3,(H,38,42). The second kappa shape index (κ2) is 15.7. The second-order valence-corrected chi connectivity index (χ2v) is 13.9. The highest BCUT2D eigenvalue weighted by Crippen LogP contribution is 2.30. The van der Waals surface area contributed by atoms with Crippen molar-refractivity contribution in [1.29, 1.82) is 0 Å². The van der Waals surface area contributed by atoms with Gasteiger partial charge in [-0.05, 0) is 74.0 Å². The summed E-state index contributed by atoms with van der Waals surface area (Å²) < 4.78 is 34.5. The smallest absolute Gasteiger partial charge is 0.264 e. The first-order valence-electron chi connectivity index (χ1n) is 14.4. The van der Waals surface area contributed by atoms with Crippen molar-refractivity contribution in [1.82, 2.24) is 10.2 Å². The molecule has 46 heavy (non-hydrogen) atoms. The van der Waals surface area contributed by atoms with Crippen molar-refractivity contribution in [2.45, 2.75) is 43.8 Å². The fourth-order valence-corrected chi connectivity index (χ4v) is 6.93. The van der Waals surface area contributed by atoms with Crippen LogP contribution in [-0.2, 0) is 32.6 Å². The summed E-state index contributed by atoms with van der Waals surface area (Å²) in [4.78, 5) is 29.6. The summed E-state index contributed by atoms with van der Waals surface area (Å²) in [5.41, 5.74) is 1.38. The van der Waals surface area contributed by atoms with Crippen LogP contribution in [0.4, 0.5) is 5.69 Å². The van der Waals surface area contributed by atoms with Crippen molar-refractivity contribution in [3.05, 3.63) is 123 Å². The zero-order valence-corrected chi connectivity index (χ0v) is 28.6. The van der Waals surface area contributed by atoms with Gasteiger partial charge in [0.1, 0.15) is 18.3 Å². The molecule has 4 aromatic carbocycles. The van der Waals surface area contributed by atoms with Gasteiger partial charge in [0.05, 0.1) is 17.7 Å². The number of carbonyl (C=O) groups excluding carboxylic acids is 2. The third kappa shape index (κ3) is 8.73. The lowest BCUT2D eigenvalue weighted by Gasteiger charge is -2.34. The van der Waals surface area contributed by atoms with Crippen molar-refractivity contribution in [3.8, 4) is 5.75 Å². The summed E-state index contributed by atoms with van der Waals surface area (Å²) in [6, 6.07) is 24.9. The van der Waals surface area contributed by atoms with Gasteiger partial charge < -0.3 is 15.0 Å². The fourth-order valence-electron chi connectivity index (χ4n) is 4.82. The van der Waals surface area contributed by atoms with Gasteiger partial charge in [-0.15, -0.1) is 0 Å². The van der Waals surface area contributed by atoms with E-state index >= 15 is 0 Å². The number of ether oxygens (including phenoxy) is 1. The monoisotopic (exact) mass is 701 g/mol. The maximum atomic E-state index is 14.5. The number of sulfonamides is 1. The number of benzene rings is 4. The molecular formula is C34H34Cl3N3O5S. The van der Waals surface area contributed by atoms with Crippen LogP contribution in [0.15, 0.2) is 102 Å². The van der Waals surface area contributed by atoms with E-state index in [0.29, 0.717) is 21.4 Å². The van der Waals surface area contributed by atoms with E-state index in [4.69, 9.17) is 39.5 Å². The molecule has 0 saturated carbocycles. The minimum absolute atomic E-state index is 0.0693. The Bertz CT molecular complexity index is 1750. The molecule has 4 rings (SSSR count). The molecule has 0 aromatic heterocycles. The van der Waals surface area contributed by atoms with Crippen LogP contribution in [0.25, 0.3) is 0 Å². The molecule has 8 nitrogen and oxygen atoms in total. The van der Waals surface area contributed by atoms with Crippen molar-refractivity contribution in [2.75, 3.05) is 18.0 Å². The number of amides is 2. The van der Waals surface area contributed by atoms with Gasteiger partial charge in [0, 0.05) is 39.6 Å². The lowest BCUT2D eigenvalue weighted by Crippen LogP contribution is -2.54. The largest absolute Gasteiger partial charge is 0.497 e. The zero-order valence-electron chi connectivity index (χ0n) is 25.5. The molecular weight excluding hydrogens is 669 g/mol. The molecule has 0 fully saturated rings. The number of anilines is 1. The van der Waals surface area contributed by atoms with E-state index in [1.807, 2.05) is 44.2 Å². The normalized spacial score (nSPS) is 12.0. The molecule has 1 atom stereocenters. The number of rotatable bonds is 13. The number of hydrogen-bond acceptors (Lipinski definition) is 5. The van der Waals surface area contributed by atoms with E-state index in [1.165, 1.54) is 42.3 Å². The van der Waals surface area contributed by atoms with Gasteiger partial charge in [0.15, 0.2) is 0 Å². The highest BCUT2D eigenvalue weighted by atomic mass is 35.5. The number of carbonyl (C=O) groups is 2. The van der Waals surface area contributed by atoms with Crippen LogP contribution in [0.2, 0.25) is 15.1 Å². The van der Waals surface area contributed by atoms with E-state index in [-0.39, 0.29) is 34.6 Å². The maximum absolute atomic E-state index is 14.5. The summed E-state index contributed by atoms with van der Waals surface area (Å²) in [6.45, 7) is 2.82. The molecule has 0 radical (unpaired) electrons. The Kier molecular flexibility index (Phi) is 12.0. The van der Waals surface area contributed by atoms with E-state index in [2.05, 4.69) is 5.32 Å². The van der Waals surface area contributed by atoms with Gasteiger partial charge in [-0.1, -0.05) is 77.3 Å². The molecule has 4 aromatic rings. The maximum Gasteiger partial charge on any atom is 0.264 e. The topological polar surface area (TPSA) is 96.0 Å². The average Bonchev–Trinajstić information content (AvgIpc) is 3.02. The van der Waals surface area contributed by atoms with Crippen molar-refractivity contribution < 1.29 is 22.7 Å². The van der Waals surface area contributed by atoms with Crippen molar-refractivity contribution in [2.24, 2.45) is 0 Å². The third-order valence-electron chi connectivity index (χ3n) is 7.11. The molecule has 0 aliphatic heterocycles. The van der Waals surface area contributed by atoms with Crippen LogP contribution in [-0.4, -0.2) is 50.9 Å². The molecule has 0 bridgehead atoms. The van der Waals surface area contributed by atoms with Gasteiger partial charge in [-0.2, -0.15) is 0 Å². The molecule has 2 amide bonds. The third-order valence-corrected chi connectivity index (χ3v) is 9.85. The molecule has 1 unspecified atom stereocenters. The van der Waals surface area contributed by atoms with Gasteiger partial charge in [-0.25, -0.2) is 8.42 Å². The molecule has 0 aliphatic rings. The van der Waals surface area contributed by atoms with Crippen LogP contribution in [0.5, 0.6) is 5.75 Å². The minimum Gasteiger partial charge on any atom is -0.497 e. The average molecular weight is 703 g/mol. The Hall–Kier alpha value is -3.76. The number of methoxy groups -OCH3 is 1. The Labute approximate surface area is 284 Å². The van der Waals surface area contributed by atoms with Gasteiger partial charge in [0.2, 0.25) is 11.8 Å². The summed E-state index contributed by atoms with van der Waals surface area (Å²) in [7, 11) is -2.84. The number of nitrogens with one attached hydrogen (secondary N) is 1. The molecule has 1 N–H and O–H groups in total. The van der Waals surface area contributed by atoms with Gasteiger partial charge in [0.25, 0.3) is 10.0 Å². The lowest BCUT2D eigenvalue weighted by molar-refractivity contribution is -0.140. The first kappa shape index (κ1) is 35.1. The summed E-state index contributed by atoms with van der Waals surface area (Å²) in [5, 5.41) is 3.78. The molecule has 0 aliphatic carbocycles. The second-order valence-electron chi connectivity index (χ2n) is 10.8. The van der Waals surface area contributed by atoms with E-state index < -0.39 is 34.4 Å². The Morgan fingerprint density at radius 2 is 1.48 bits per heavy atom. The van der Waals surface area contributed by atoms with Gasteiger partial charge >= 0.3 is 0 Å². The van der Waals surface area contributed by atoms with Crippen LogP contribution < -0.4 is 14.4 Å². The Morgan fingerprint density at radius 3 is 2.07 bits per heavy atom. The summed E-state index contributed by atoms with van der Waals surface area (Å²) in [6.07, 6.45) is 0.148. The first-order chi connectivity index (χ1) is 21.9. The summed E-state index contributed by atoms with van der Waals surface area (Å²) >= 11 is 19.4. The quantitative estimate of drug-likeness (QED) is 0.162. The lowest BCUT2D eigenvalue weighted by atomic mass is 10.0. The van der Waals surface area contributed by atoms with Crippen molar-refractivity contribution >= 4 is 62.3 Å². The number of halogens is 3. The van der Waals surface area contributed by atoms with E-state index in [1.54, 1.807) is 36.4 Å². The predicted molar refractivity (Wildman–Crippen MR) is 183 cm³/mol. The van der Waals surface area contributed by atoms with Crippen molar-refractivity contribution in [3.63, 3.8) is 0 Å². The molecule has 0 spiro atoms. The van der Waals surface area contributed by atoms with Gasteiger partial charge in [-0.3, -0.25) is 13.9 Å². The summed E-state index contributed by atoms with van der Waals surface area (Å²) in [5.74, 6) is -0.609. The zero-order chi connectivity index (χ0) is 33.4. The predicted octanol–water partition coefficient (Wildman–Crippen LogP) is 7.02. The highest BCUT2D eigenvalue weighted by molar-refractivity contribution is 7.92. The number of nitrogens with zero attached hydrogens (tertiary/aromatic N) is 2. The van der Waals surface area contributed by atoms with Crippen LogP contribution in [0.3, 0.4) is 0 Å². The SMILES string of the molecule is COc1ccc(S(=O)(=O)N(CC(=O)N(Cc2c(Cl)cccc2Cl)C(Cc2ccccc2)C(=O)NC(C)C)c2cccc(Cl)c2)cc1. The van der Waals surface area contributed by atoms with Crippen LogP contribution in [0, 0.1) is 0 Å².